The maximum Gasteiger partial charge on any atom is 0.261 e. The number of sulfonamides is 1. The van der Waals surface area contributed by atoms with Crippen LogP contribution in [0.25, 0.3) is 0 Å². The monoisotopic (exact) mass is 449 g/mol. The van der Waals surface area contributed by atoms with Crippen molar-refractivity contribution in [2.45, 2.75) is 30.3 Å². The van der Waals surface area contributed by atoms with Gasteiger partial charge < -0.3 is 10.6 Å². The van der Waals surface area contributed by atoms with Gasteiger partial charge in [-0.05, 0) is 60.9 Å². The van der Waals surface area contributed by atoms with Crippen LogP contribution in [0, 0.1) is 0 Å². The van der Waals surface area contributed by atoms with Gasteiger partial charge in [0.15, 0.2) is 0 Å². The lowest BCUT2D eigenvalue weighted by molar-refractivity contribution is 0.0729. The predicted molar refractivity (Wildman–Crippen MR) is 122 cm³/mol. The summed E-state index contributed by atoms with van der Waals surface area (Å²) in [6, 6.07) is 21.6. The number of nitrogens with one attached hydrogen (secondary N) is 1. The van der Waals surface area contributed by atoms with Crippen LogP contribution in [-0.4, -0.2) is 31.2 Å². The van der Waals surface area contributed by atoms with Crippen LogP contribution in [0.4, 0.5) is 5.69 Å². The highest BCUT2D eigenvalue weighted by Crippen LogP contribution is 2.30. The molecule has 0 aliphatic heterocycles. The summed E-state index contributed by atoms with van der Waals surface area (Å²) in [7, 11) is -3.75. The number of nitrogens with two attached hydrogens (primary N) is 1. The van der Waals surface area contributed by atoms with Crippen LogP contribution in [0.5, 0.6) is 0 Å². The Hall–Kier alpha value is -3.65. The van der Waals surface area contributed by atoms with Crippen molar-refractivity contribution < 1.29 is 18.0 Å². The molecule has 4 rings (SSSR count). The first kappa shape index (κ1) is 21.6. The molecule has 8 heteroatoms. The number of benzene rings is 3. The quantitative estimate of drug-likeness (QED) is 0.549. The predicted octanol–water partition coefficient (Wildman–Crippen LogP) is 3.39. The third-order valence-electron chi connectivity index (χ3n) is 5.26. The van der Waals surface area contributed by atoms with Crippen LogP contribution in [0.15, 0.2) is 83.8 Å². The number of carbonyl (C=O) groups excluding carboxylic acids is 2. The molecule has 3 aromatic carbocycles. The highest BCUT2D eigenvalue weighted by molar-refractivity contribution is 7.92. The minimum atomic E-state index is -3.75. The SMILES string of the molecule is NC(=O)c1ccc(CN(C(=O)c2cccc(NS(=O)(=O)c3ccccc3)c2)C2CC2)cc1. The van der Waals surface area contributed by atoms with E-state index in [0.717, 1.165) is 18.4 Å². The lowest BCUT2D eigenvalue weighted by atomic mass is 10.1. The summed E-state index contributed by atoms with van der Waals surface area (Å²) < 4.78 is 27.8. The van der Waals surface area contributed by atoms with Crippen LogP contribution in [0.1, 0.15) is 39.1 Å². The van der Waals surface area contributed by atoms with Crippen molar-refractivity contribution in [3.05, 3.63) is 95.6 Å². The summed E-state index contributed by atoms with van der Waals surface area (Å²) in [5.74, 6) is -0.673. The third-order valence-corrected chi connectivity index (χ3v) is 6.65. The summed E-state index contributed by atoms with van der Waals surface area (Å²) >= 11 is 0. The van der Waals surface area contributed by atoms with Crippen LogP contribution in [0.3, 0.4) is 0 Å². The second-order valence-corrected chi connectivity index (χ2v) is 9.41. The summed E-state index contributed by atoms with van der Waals surface area (Å²) in [5, 5.41) is 0. The smallest absolute Gasteiger partial charge is 0.261 e. The number of nitrogens with zero attached hydrogens (tertiary/aromatic N) is 1. The molecule has 1 saturated carbocycles. The van der Waals surface area contributed by atoms with E-state index in [9.17, 15) is 18.0 Å². The molecule has 164 valence electrons. The van der Waals surface area contributed by atoms with Gasteiger partial charge >= 0.3 is 0 Å². The standard InChI is InChI=1S/C24H23N3O4S/c25-23(28)18-11-9-17(10-12-18)16-27(21-13-14-21)24(29)19-5-4-6-20(15-19)26-32(30,31)22-7-2-1-3-8-22/h1-12,15,21,26H,13-14,16H2,(H2,25,28). The normalized spacial score (nSPS) is 13.4. The van der Waals surface area contributed by atoms with Gasteiger partial charge in [-0.3, -0.25) is 14.3 Å². The first-order chi connectivity index (χ1) is 15.3. The van der Waals surface area contributed by atoms with E-state index in [1.165, 1.54) is 12.1 Å². The van der Waals surface area contributed by atoms with Gasteiger partial charge in [-0.2, -0.15) is 0 Å². The molecular weight excluding hydrogens is 426 g/mol. The summed E-state index contributed by atoms with van der Waals surface area (Å²) in [5.41, 5.74) is 7.31. The Morgan fingerprint density at radius 1 is 0.906 bits per heavy atom. The molecule has 2 amide bonds. The summed E-state index contributed by atoms with van der Waals surface area (Å²) in [4.78, 5) is 26.5. The van der Waals surface area contributed by atoms with Gasteiger partial charge in [0.25, 0.3) is 15.9 Å². The average Bonchev–Trinajstić information content (AvgIpc) is 3.63. The number of hydrogen-bond acceptors (Lipinski definition) is 4. The van der Waals surface area contributed by atoms with E-state index in [2.05, 4.69) is 4.72 Å². The number of anilines is 1. The lowest BCUT2D eigenvalue weighted by Crippen LogP contribution is -2.32. The molecule has 0 radical (unpaired) electrons. The molecule has 1 aliphatic carbocycles. The molecule has 32 heavy (non-hydrogen) atoms. The van der Waals surface area contributed by atoms with Gasteiger partial charge in [0.2, 0.25) is 5.91 Å². The van der Waals surface area contributed by atoms with E-state index in [0.29, 0.717) is 23.4 Å². The number of primary amides is 1. The number of amides is 2. The van der Waals surface area contributed by atoms with Crippen molar-refractivity contribution in [3.8, 4) is 0 Å². The largest absolute Gasteiger partial charge is 0.366 e. The van der Waals surface area contributed by atoms with E-state index in [4.69, 9.17) is 5.73 Å². The van der Waals surface area contributed by atoms with Crippen molar-refractivity contribution in [1.82, 2.24) is 4.90 Å². The van der Waals surface area contributed by atoms with Crippen molar-refractivity contribution in [1.29, 1.82) is 0 Å². The second-order valence-electron chi connectivity index (χ2n) is 7.72. The maximum absolute atomic E-state index is 13.3. The van der Waals surface area contributed by atoms with Gasteiger partial charge in [-0.15, -0.1) is 0 Å². The molecule has 0 atom stereocenters. The molecule has 0 saturated heterocycles. The van der Waals surface area contributed by atoms with Gasteiger partial charge in [0, 0.05) is 29.4 Å². The maximum atomic E-state index is 13.3. The molecule has 7 nitrogen and oxygen atoms in total. The fourth-order valence-electron chi connectivity index (χ4n) is 3.42. The molecule has 3 N–H and O–H groups in total. The number of rotatable bonds is 8. The molecule has 1 fully saturated rings. The Balaban J connectivity index is 1.53. The number of hydrogen-bond donors (Lipinski definition) is 2. The van der Waals surface area contributed by atoms with Crippen LogP contribution < -0.4 is 10.5 Å². The zero-order valence-electron chi connectivity index (χ0n) is 17.3. The topological polar surface area (TPSA) is 110 Å². The Bertz CT molecular complexity index is 1240. The van der Waals surface area contributed by atoms with E-state index in [1.807, 2.05) is 0 Å². The van der Waals surface area contributed by atoms with Crippen molar-refractivity contribution in [2.75, 3.05) is 4.72 Å². The van der Waals surface area contributed by atoms with E-state index in [1.54, 1.807) is 71.6 Å². The Morgan fingerprint density at radius 3 is 2.22 bits per heavy atom. The lowest BCUT2D eigenvalue weighted by Gasteiger charge is -2.23. The Kier molecular flexibility index (Phi) is 5.96. The Labute approximate surface area is 186 Å². The summed E-state index contributed by atoms with van der Waals surface area (Å²) in [6.07, 6.45) is 1.84. The van der Waals surface area contributed by atoms with Crippen LogP contribution in [0.2, 0.25) is 0 Å². The minimum absolute atomic E-state index is 0.142. The van der Waals surface area contributed by atoms with E-state index in [-0.39, 0.29) is 16.8 Å². The highest BCUT2D eigenvalue weighted by Gasteiger charge is 2.33. The summed E-state index contributed by atoms with van der Waals surface area (Å²) in [6.45, 7) is 0.391. The molecule has 0 aromatic heterocycles. The molecule has 1 aliphatic rings. The molecule has 0 unspecified atom stereocenters. The van der Waals surface area contributed by atoms with E-state index >= 15 is 0 Å². The molecule has 0 heterocycles. The van der Waals surface area contributed by atoms with E-state index < -0.39 is 15.9 Å². The fourth-order valence-corrected chi connectivity index (χ4v) is 4.49. The minimum Gasteiger partial charge on any atom is -0.366 e. The third kappa shape index (κ3) is 4.97. The first-order valence-corrected chi connectivity index (χ1v) is 11.7. The highest BCUT2D eigenvalue weighted by atomic mass is 32.2. The van der Waals surface area contributed by atoms with Crippen molar-refractivity contribution >= 4 is 27.5 Å². The zero-order valence-corrected chi connectivity index (χ0v) is 18.1. The molecule has 3 aromatic rings. The van der Waals surface area contributed by atoms with Gasteiger partial charge in [-0.25, -0.2) is 8.42 Å². The van der Waals surface area contributed by atoms with Gasteiger partial charge in [0.05, 0.1) is 4.90 Å². The average molecular weight is 450 g/mol. The number of carbonyl (C=O) groups is 2. The molecule has 0 bridgehead atoms. The van der Waals surface area contributed by atoms with Crippen LogP contribution >= 0.6 is 0 Å². The van der Waals surface area contributed by atoms with Crippen molar-refractivity contribution in [2.24, 2.45) is 5.73 Å². The van der Waals surface area contributed by atoms with Crippen LogP contribution in [-0.2, 0) is 16.6 Å². The molecule has 0 spiro atoms. The van der Waals surface area contributed by atoms with Crippen molar-refractivity contribution in [3.63, 3.8) is 0 Å². The Morgan fingerprint density at radius 2 is 1.59 bits per heavy atom. The first-order valence-electron chi connectivity index (χ1n) is 10.2. The fraction of sp³-hybridized carbons (Fsp3) is 0.167. The second kappa shape index (κ2) is 8.84. The zero-order chi connectivity index (χ0) is 22.7. The molecular formula is C24H23N3O4S. The van der Waals surface area contributed by atoms with Gasteiger partial charge in [-0.1, -0.05) is 36.4 Å². The van der Waals surface area contributed by atoms with Gasteiger partial charge in [0.1, 0.15) is 0 Å².